The summed E-state index contributed by atoms with van der Waals surface area (Å²) in [7, 11) is 1.51. The number of carbonyl (C=O) groups is 1. The third-order valence-corrected chi connectivity index (χ3v) is 2.49. The van der Waals surface area contributed by atoms with Crippen molar-refractivity contribution in [2.75, 3.05) is 20.2 Å². The van der Waals surface area contributed by atoms with Gasteiger partial charge in [-0.05, 0) is 19.1 Å². The Morgan fingerprint density at radius 2 is 2.17 bits per heavy atom. The van der Waals surface area contributed by atoms with Crippen molar-refractivity contribution < 1.29 is 14.7 Å². The fourth-order valence-corrected chi connectivity index (χ4v) is 1.55. The minimum absolute atomic E-state index is 0.0138. The highest BCUT2D eigenvalue weighted by Gasteiger charge is 2.18. The van der Waals surface area contributed by atoms with Crippen molar-refractivity contribution in [3.63, 3.8) is 0 Å². The van der Waals surface area contributed by atoms with Crippen LogP contribution in [0.5, 0.6) is 5.75 Å². The number of oxime groups is 1. The SMILES string of the molecule is CCN(CC(N)=NO)C(=O)c1ccccc1OC. The predicted molar refractivity (Wildman–Crippen MR) is 68.0 cm³/mol. The monoisotopic (exact) mass is 251 g/mol. The zero-order chi connectivity index (χ0) is 13.5. The van der Waals surface area contributed by atoms with E-state index in [0.29, 0.717) is 17.9 Å². The molecule has 0 aliphatic carbocycles. The number of rotatable bonds is 5. The highest BCUT2D eigenvalue weighted by atomic mass is 16.5. The molecule has 0 aliphatic heterocycles. The lowest BCUT2D eigenvalue weighted by Gasteiger charge is -2.21. The van der Waals surface area contributed by atoms with Gasteiger partial charge in [0.05, 0.1) is 19.2 Å². The van der Waals surface area contributed by atoms with E-state index in [4.69, 9.17) is 15.7 Å². The van der Waals surface area contributed by atoms with Gasteiger partial charge < -0.3 is 20.6 Å². The first-order chi connectivity index (χ1) is 8.63. The second-order valence-corrected chi connectivity index (χ2v) is 3.61. The molecule has 1 aromatic rings. The standard InChI is InChI=1S/C12H17N3O3/c1-3-15(8-11(13)14-17)12(16)9-6-4-5-7-10(9)18-2/h4-7,17H,3,8H2,1-2H3,(H2,13,14). The molecule has 0 fully saturated rings. The molecule has 0 unspecified atom stereocenters. The minimum Gasteiger partial charge on any atom is -0.496 e. The lowest BCUT2D eigenvalue weighted by molar-refractivity contribution is 0.0783. The maximum absolute atomic E-state index is 12.3. The van der Waals surface area contributed by atoms with Crippen molar-refractivity contribution in [2.24, 2.45) is 10.9 Å². The van der Waals surface area contributed by atoms with Crippen molar-refractivity contribution in [1.82, 2.24) is 4.90 Å². The molecule has 0 heterocycles. The van der Waals surface area contributed by atoms with Crippen LogP contribution in [-0.2, 0) is 0 Å². The van der Waals surface area contributed by atoms with Gasteiger partial charge in [0, 0.05) is 6.54 Å². The Kier molecular flexibility index (Phi) is 4.98. The van der Waals surface area contributed by atoms with Crippen LogP contribution in [0.1, 0.15) is 17.3 Å². The summed E-state index contributed by atoms with van der Waals surface area (Å²) in [5, 5.41) is 11.4. The van der Waals surface area contributed by atoms with E-state index in [9.17, 15) is 4.79 Å². The number of amidine groups is 1. The molecule has 0 saturated carbocycles. The highest BCUT2D eigenvalue weighted by molar-refractivity contribution is 5.99. The number of nitrogens with two attached hydrogens (primary N) is 1. The molecule has 6 nitrogen and oxygen atoms in total. The third-order valence-electron chi connectivity index (χ3n) is 2.49. The van der Waals surface area contributed by atoms with Gasteiger partial charge in [-0.15, -0.1) is 0 Å². The van der Waals surface area contributed by atoms with Crippen molar-refractivity contribution in [1.29, 1.82) is 0 Å². The smallest absolute Gasteiger partial charge is 0.258 e. The van der Waals surface area contributed by atoms with Gasteiger partial charge in [-0.3, -0.25) is 4.79 Å². The molecule has 18 heavy (non-hydrogen) atoms. The number of benzene rings is 1. The number of amides is 1. The summed E-state index contributed by atoms with van der Waals surface area (Å²) in [6.45, 7) is 2.34. The molecular weight excluding hydrogens is 234 g/mol. The molecule has 0 spiro atoms. The van der Waals surface area contributed by atoms with E-state index in [1.807, 2.05) is 6.92 Å². The van der Waals surface area contributed by atoms with Crippen LogP contribution in [0.3, 0.4) is 0 Å². The average molecular weight is 251 g/mol. The summed E-state index contributed by atoms with van der Waals surface area (Å²) in [6.07, 6.45) is 0. The van der Waals surface area contributed by atoms with Gasteiger partial charge in [-0.1, -0.05) is 17.3 Å². The molecule has 0 saturated heterocycles. The largest absolute Gasteiger partial charge is 0.496 e. The van der Waals surface area contributed by atoms with Crippen LogP contribution in [-0.4, -0.2) is 42.0 Å². The van der Waals surface area contributed by atoms with E-state index in [1.54, 1.807) is 24.3 Å². The van der Waals surface area contributed by atoms with E-state index in [2.05, 4.69) is 5.16 Å². The second kappa shape index (κ2) is 6.48. The van der Waals surface area contributed by atoms with Crippen LogP contribution in [0.2, 0.25) is 0 Å². The van der Waals surface area contributed by atoms with E-state index < -0.39 is 0 Å². The summed E-state index contributed by atoms with van der Waals surface area (Å²) in [5.41, 5.74) is 5.86. The maximum atomic E-state index is 12.3. The van der Waals surface area contributed by atoms with Crippen LogP contribution in [0, 0.1) is 0 Å². The minimum atomic E-state index is -0.221. The lowest BCUT2D eigenvalue weighted by atomic mass is 10.1. The van der Waals surface area contributed by atoms with E-state index in [-0.39, 0.29) is 18.3 Å². The predicted octanol–water partition coefficient (Wildman–Crippen LogP) is 0.904. The Balaban J connectivity index is 2.96. The van der Waals surface area contributed by atoms with Crippen molar-refractivity contribution in [3.05, 3.63) is 29.8 Å². The summed E-state index contributed by atoms with van der Waals surface area (Å²) in [4.78, 5) is 13.7. The molecule has 0 atom stereocenters. The summed E-state index contributed by atoms with van der Waals surface area (Å²) >= 11 is 0. The Morgan fingerprint density at radius 1 is 1.50 bits per heavy atom. The van der Waals surface area contributed by atoms with Crippen molar-refractivity contribution >= 4 is 11.7 Å². The summed E-state index contributed by atoms with van der Waals surface area (Å²) in [6, 6.07) is 6.93. The van der Waals surface area contributed by atoms with Gasteiger partial charge in [0.15, 0.2) is 5.84 Å². The molecule has 1 amide bonds. The Bertz CT molecular complexity index is 446. The normalized spacial score (nSPS) is 11.1. The number of hydrogen-bond acceptors (Lipinski definition) is 4. The quantitative estimate of drug-likeness (QED) is 0.352. The Labute approximate surface area is 106 Å². The van der Waals surface area contributed by atoms with Crippen LogP contribution in [0.25, 0.3) is 0 Å². The van der Waals surface area contributed by atoms with E-state index in [1.165, 1.54) is 12.0 Å². The van der Waals surface area contributed by atoms with Crippen LogP contribution < -0.4 is 10.5 Å². The molecule has 0 aromatic heterocycles. The molecular formula is C12H17N3O3. The van der Waals surface area contributed by atoms with E-state index >= 15 is 0 Å². The fraction of sp³-hybridized carbons (Fsp3) is 0.333. The number of methoxy groups -OCH3 is 1. The topological polar surface area (TPSA) is 88.1 Å². The first-order valence-electron chi connectivity index (χ1n) is 5.52. The second-order valence-electron chi connectivity index (χ2n) is 3.61. The van der Waals surface area contributed by atoms with Crippen LogP contribution >= 0.6 is 0 Å². The molecule has 0 radical (unpaired) electrons. The van der Waals surface area contributed by atoms with E-state index in [0.717, 1.165) is 0 Å². The fourth-order valence-electron chi connectivity index (χ4n) is 1.55. The third kappa shape index (κ3) is 3.13. The number of carbonyl (C=O) groups excluding carboxylic acids is 1. The molecule has 98 valence electrons. The summed E-state index contributed by atoms with van der Waals surface area (Å²) in [5.74, 6) is 0.266. The Morgan fingerprint density at radius 3 is 2.72 bits per heavy atom. The van der Waals surface area contributed by atoms with Gasteiger partial charge in [0.1, 0.15) is 5.75 Å². The molecule has 0 bridgehead atoms. The number of para-hydroxylation sites is 1. The molecule has 0 aliphatic rings. The lowest BCUT2D eigenvalue weighted by Crippen LogP contribution is -2.38. The number of likely N-dealkylation sites (N-methyl/N-ethyl adjacent to an activating group) is 1. The van der Waals surface area contributed by atoms with Gasteiger partial charge in [0.25, 0.3) is 5.91 Å². The maximum Gasteiger partial charge on any atom is 0.258 e. The summed E-state index contributed by atoms with van der Waals surface area (Å²) < 4.78 is 5.13. The van der Waals surface area contributed by atoms with Gasteiger partial charge >= 0.3 is 0 Å². The van der Waals surface area contributed by atoms with Crippen LogP contribution in [0.4, 0.5) is 0 Å². The highest BCUT2D eigenvalue weighted by Crippen LogP contribution is 2.19. The van der Waals surface area contributed by atoms with Crippen molar-refractivity contribution in [3.8, 4) is 5.75 Å². The molecule has 1 aromatic carbocycles. The zero-order valence-electron chi connectivity index (χ0n) is 10.5. The first kappa shape index (κ1) is 13.8. The number of hydrogen-bond donors (Lipinski definition) is 2. The van der Waals surface area contributed by atoms with Crippen molar-refractivity contribution in [2.45, 2.75) is 6.92 Å². The van der Waals surface area contributed by atoms with Crippen LogP contribution in [0.15, 0.2) is 29.4 Å². The molecule has 3 N–H and O–H groups in total. The zero-order valence-corrected chi connectivity index (χ0v) is 10.5. The van der Waals surface area contributed by atoms with Gasteiger partial charge in [-0.2, -0.15) is 0 Å². The van der Waals surface area contributed by atoms with Gasteiger partial charge in [0.2, 0.25) is 0 Å². The molecule has 6 heteroatoms. The Hall–Kier alpha value is -2.24. The average Bonchev–Trinajstić information content (AvgIpc) is 2.43. The number of nitrogens with zero attached hydrogens (tertiary/aromatic N) is 2. The first-order valence-corrected chi connectivity index (χ1v) is 5.52. The molecule has 1 rings (SSSR count). The van der Waals surface area contributed by atoms with Gasteiger partial charge in [-0.25, -0.2) is 0 Å². The number of ether oxygens (including phenoxy) is 1.